The predicted molar refractivity (Wildman–Crippen MR) is 99.2 cm³/mol. The highest BCUT2D eigenvalue weighted by Crippen LogP contribution is 2.30. The van der Waals surface area contributed by atoms with E-state index in [0.29, 0.717) is 24.2 Å². The SMILES string of the molecule is NC(=O)c1ccc(CNc2ncc(C(=O)c3cc(F)cc(C(F)(F)F)c3)cn2)cc1. The summed E-state index contributed by atoms with van der Waals surface area (Å²) in [6.45, 7) is 0.311. The number of aromatic nitrogens is 2. The Labute approximate surface area is 167 Å². The average Bonchev–Trinajstić information content (AvgIpc) is 2.71. The summed E-state index contributed by atoms with van der Waals surface area (Å²) in [7, 11) is 0. The first-order valence-electron chi connectivity index (χ1n) is 8.50. The molecule has 10 heteroatoms. The van der Waals surface area contributed by atoms with Crippen molar-refractivity contribution in [3.05, 3.63) is 88.5 Å². The van der Waals surface area contributed by atoms with Crippen LogP contribution in [0.1, 0.15) is 37.4 Å². The summed E-state index contributed by atoms with van der Waals surface area (Å²) in [5.74, 6) is -2.39. The molecule has 1 aromatic heterocycles. The number of hydrogen-bond acceptors (Lipinski definition) is 5. The Bertz CT molecular complexity index is 1080. The van der Waals surface area contributed by atoms with Gasteiger partial charge in [0.25, 0.3) is 0 Å². The number of carbonyl (C=O) groups excluding carboxylic acids is 2. The zero-order valence-corrected chi connectivity index (χ0v) is 15.2. The number of amides is 1. The second kappa shape index (κ2) is 8.27. The maximum Gasteiger partial charge on any atom is 0.416 e. The summed E-state index contributed by atoms with van der Waals surface area (Å²) in [6, 6.07) is 8.12. The molecule has 30 heavy (non-hydrogen) atoms. The van der Waals surface area contributed by atoms with Gasteiger partial charge < -0.3 is 11.1 Å². The number of nitrogens with one attached hydrogen (secondary N) is 1. The highest BCUT2D eigenvalue weighted by molar-refractivity contribution is 6.08. The van der Waals surface area contributed by atoms with Gasteiger partial charge in [-0.3, -0.25) is 9.59 Å². The fourth-order valence-corrected chi connectivity index (χ4v) is 2.56. The lowest BCUT2D eigenvalue weighted by atomic mass is 10.0. The molecule has 2 aromatic carbocycles. The number of nitrogens with two attached hydrogens (primary N) is 1. The van der Waals surface area contributed by atoms with Gasteiger partial charge in [0.05, 0.1) is 11.1 Å². The minimum absolute atomic E-state index is 0.0925. The quantitative estimate of drug-likeness (QED) is 0.471. The third-order valence-corrected chi connectivity index (χ3v) is 4.09. The van der Waals surface area contributed by atoms with Gasteiger partial charge in [-0.2, -0.15) is 13.2 Å². The first kappa shape index (κ1) is 20.9. The molecule has 3 rings (SSSR count). The van der Waals surface area contributed by atoms with Gasteiger partial charge in [-0.1, -0.05) is 12.1 Å². The standard InChI is InChI=1S/C20H14F4N4O2/c21-16-6-13(5-15(7-16)20(22,23)24)17(29)14-9-27-19(28-10-14)26-8-11-1-3-12(4-2-11)18(25)30/h1-7,9-10H,8H2,(H2,25,30)(H,26,27,28). The van der Waals surface area contributed by atoms with Gasteiger partial charge in [0.2, 0.25) is 11.9 Å². The van der Waals surface area contributed by atoms with Crippen molar-refractivity contribution >= 4 is 17.6 Å². The molecule has 6 nitrogen and oxygen atoms in total. The molecule has 0 aliphatic carbocycles. The van der Waals surface area contributed by atoms with Crippen molar-refractivity contribution in [2.24, 2.45) is 5.73 Å². The fraction of sp³-hybridized carbons (Fsp3) is 0.100. The van der Waals surface area contributed by atoms with Crippen LogP contribution in [0.4, 0.5) is 23.5 Å². The van der Waals surface area contributed by atoms with Crippen LogP contribution in [-0.4, -0.2) is 21.7 Å². The molecular weight excluding hydrogens is 404 g/mol. The van der Waals surface area contributed by atoms with Crippen molar-refractivity contribution in [3.8, 4) is 0 Å². The van der Waals surface area contributed by atoms with Crippen LogP contribution in [0.25, 0.3) is 0 Å². The van der Waals surface area contributed by atoms with E-state index in [1.54, 1.807) is 24.3 Å². The van der Waals surface area contributed by atoms with E-state index in [2.05, 4.69) is 15.3 Å². The molecule has 0 fully saturated rings. The monoisotopic (exact) mass is 418 g/mol. The van der Waals surface area contributed by atoms with E-state index in [9.17, 15) is 27.2 Å². The van der Waals surface area contributed by atoms with Crippen LogP contribution in [-0.2, 0) is 12.7 Å². The Morgan fingerprint density at radius 3 is 2.13 bits per heavy atom. The summed E-state index contributed by atoms with van der Waals surface area (Å²) in [4.78, 5) is 31.3. The number of carbonyl (C=O) groups is 2. The van der Waals surface area contributed by atoms with Crippen molar-refractivity contribution in [1.29, 1.82) is 0 Å². The molecule has 0 bridgehead atoms. The van der Waals surface area contributed by atoms with Crippen molar-refractivity contribution in [3.63, 3.8) is 0 Å². The topological polar surface area (TPSA) is 98.0 Å². The largest absolute Gasteiger partial charge is 0.416 e. The number of alkyl halides is 3. The number of halogens is 4. The zero-order valence-electron chi connectivity index (χ0n) is 15.2. The molecule has 0 spiro atoms. The Balaban J connectivity index is 1.70. The highest BCUT2D eigenvalue weighted by atomic mass is 19.4. The zero-order chi connectivity index (χ0) is 21.9. The van der Waals surface area contributed by atoms with Crippen LogP contribution in [0.5, 0.6) is 0 Å². The fourth-order valence-electron chi connectivity index (χ4n) is 2.56. The van der Waals surface area contributed by atoms with Gasteiger partial charge in [0.1, 0.15) is 5.82 Å². The second-order valence-electron chi connectivity index (χ2n) is 6.27. The molecule has 154 valence electrons. The van der Waals surface area contributed by atoms with E-state index >= 15 is 0 Å². The van der Waals surface area contributed by atoms with Gasteiger partial charge in [-0.05, 0) is 35.9 Å². The van der Waals surface area contributed by atoms with Gasteiger partial charge in [0.15, 0.2) is 5.78 Å². The Hall–Kier alpha value is -3.82. The van der Waals surface area contributed by atoms with Crippen molar-refractivity contribution in [1.82, 2.24) is 9.97 Å². The Morgan fingerprint density at radius 2 is 1.57 bits per heavy atom. The predicted octanol–water partition coefficient (Wildman–Crippen LogP) is 3.58. The first-order valence-corrected chi connectivity index (χ1v) is 8.50. The lowest BCUT2D eigenvalue weighted by Crippen LogP contribution is -2.11. The van der Waals surface area contributed by atoms with Crippen molar-refractivity contribution in [2.45, 2.75) is 12.7 Å². The molecule has 1 amide bonds. The van der Waals surface area contributed by atoms with Gasteiger partial charge in [-0.15, -0.1) is 0 Å². The number of hydrogen-bond donors (Lipinski definition) is 2. The van der Waals surface area contributed by atoms with Crippen LogP contribution in [0, 0.1) is 5.82 Å². The molecule has 0 radical (unpaired) electrons. The van der Waals surface area contributed by atoms with Crippen molar-refractivity contribution in [2.75, 3.05) is 5.32 Å². The lowest BCUT2D eigenvalue weighted by Gasteiger charge is -2.09. The number of rotatable bonds is 6. The van der Waals surface area contributed by atoms with E-state index in [0.717, 1.165) is 24.0 Å². The smallest absolute Gasteiger partial charge is 0.366 e. The molecule has 0 aliphatic rings. The third kappa shape index (κ3) is 4.96. The molecule has 0 saturated carbocycles. The minimum atomic E-state index is -4.78. The molecule has 0 unspecified atom stereocenters. The van der Waals surface area contributed by atoms with Crippen LogP contribution in [0.15, 0.2) is 54.9 Å². The molecular formula is C20H14F4N4O2. The van der Waals surface area contributed by atoms with Crippen LogP contribution in [0.2, 0.25) is 0 Å². The van der Waals surface area contributed by atoms with E-state index < -0.39 is 34.8 Å². The number of primary amides is 1. The van der Waals surface area contributed by atoms with Gasteiger partial charge in [-0.25, -0.2) is 14.4 Å². The molecule has 3 N–H and O–H groups in total. The summed E-state index contributed by atoms with van der Waals surface area (Å²) in [6.07, 6.45) is -2.52. The van der Waals surface area contributed by atoms with E-state index in [1.807, 2.05) is 0 Å². The Morgan fingerprint density at radius 1 is 0.933 bits per heavy atom. The van der Waals surface area contributed by atoms with E-state index in [1.165, 1.54) is 0 Å². The maximum atomic E-state index is 13.5. The highest BCUT2D eigenvalue weighted by Gasteiger charge is 2.32. The molecule has 0 saturated heterocycles. The maximum absolute atomic E-state index is 13.5. The van der Waals surface area contributed by atoms with Gasteiger partial charge in [0, 0.05) is 30.1 Å². The minimum Gasteiger partial charge on any atom is -0.366 e. The summed E-state index contributed by atoms with van der Waals surface area (Å²) < 4.78 is 52.0. The van der Waals surface area contributed by atoms with Crippen LogP contribution < -0.4 is 11.1 Å². The third-order valence-electron chi connectivity index (χ3n) is 4.09. The second-order valence-corrected chi connectivity index (χ2v) is 6.27. The molecule has 0 aliphatic heterocycles. The number of anilines is 1. The van der Waals surface area contributed by atoms with E-state index in [4.69, 9.17) is 5.73 Å². The Kier molecular flexibility index (Phi) is 5.77. The molecule has 0 atom stereocenters. The van der Waals surface area contributed by atoms with Crippen LogP contribution in [0.3, 0.4) is 0 Å². The first-order chi connectivity index (χ1) is 14.1. The number of nitrogens with zero attached hydrogens (tertiary/aromatic N) is 2. The van der Waals surface area contributed by atoms with Crippen LogP contribution >= 0.6 is 0 Å². The average molecular weight is 418 g/mol. The normalized spacial score (nSPS) is 11.2. The number of benzene rings is 2. The summed E-state index contributed by atoms with van der Waals surface area (Å²) in [5.41, 5.74) is 4.54. The molecule has 3 aromatic rings. The summed E-state index contributed by atoms with van der Waals surface area (Å²) in [5, 5.41) is 2.90. The molecule has 1 heterocycles. The lowest BCUT2D eigenvalue weighted by molar-refractivity contribution is -0.137. The number of ketones is 1. The van der Waals surface area contributed by atoms with E-state index in [-0.39, 0.29) is 11.5 Å². The summed E-state index contributed by atoms with van der Waals surface area (Å²) >= 11 is 0. The van der Waals surface area contributed by atoms with Gasteiger partial charge >= 0.3 is 6.18 Å². The van der Waals surface area contributed by atoms with Crippen molar-refractivity contribution < 1.29 is 27.2 Å².